The SMILES string of the molecule is COc1cccc2nc(C(F)(F)F)cc(=O)n12. The second-order valence-corrected chi connectivity index (χ2v) is 3.24. The number of nitrogens with zero attached hydrogens (tertiary/aromatic N) is 2. The average Bonchev–Trinajstić information content (AvgIpc) is 2.26. The van der Waals surface area contributed by atoms with Gasteiger partial charge in [0.05, 0.1) is 7.11 Å². The zero-order valence-corrected chi connectivity index (χ0v) is 8.65. The van der Waals surface area contributed by atoms with E-state index >= 15 is 0 Å². The Labute approximate surface area is 93.3 Å². The molecule has 2 aromatic rings. The first kappa shape index (κ1) is 11.4. The minimum atomic E-state index is -4.64. The molecule has 2 aromatic heterocycles. The van der Waals surface area contributed by atoms with Crippen molar-refractivity contribution in [3.63, 3.8) is 0 Å². The highest BCUT2D eigenvalue weighted by molar-refractivity contribution is 5.42. The summed E-state index contributed by atoms with van der Waals surface area (Å²) in [6.45, 7) is 0. The third-order valence-electron chi connectivity index (χ3n) is 2.15. The lowest BCUT2D eigenvalue weighted by atomic mass is 10.3. The fraction of sp³-hybridized carbons (Fsp3) is 0.200. The third-order valence-corrected chi connectivity index (χ3v) is 2.15. The zero-order chi connectivity index (χ0) is 12.6. The van der Waals surface area contributed by atoms with Crippen LogP contribution in [0.25, 0.3) is 5.65 Å². The van der Waals surface area contributed by atoms with E-state index in [2.05, 4.69) is 4.98 Å². The minimum absolute atomic E-state index is 0.107. The van der Waals surface area contributed by atoms with Crippen molar-refractivity contribution >= 4 is 5.65 Å². The number of methoxy groups -OCH3 is 1. The second-order valence-electron chi connectivity index (χ2n) is 3.24. The molecule has 2 heterocycles. The molecule has 7 heteroatoms. The lowest BCUT2D eigenvalue weighted by Crippen LogP contribution is -2.20. The van der Waals surface area contributed by atoms with Crippen LogP contribution < -0.4 is 10.3 Å². The normalized spacial score (nSPS) is 11.8. The highest BCUT2D eigenvalue weighted by atomic mass is 19.4. The molecule has 17 heavy (non-hydrogen) atoms. The van der Waals surface area contributed by atoms with Crippen molar-refractivity contribution in [2.24, 2.45) is 0 Å². The highest BCUT2D eigenvalue weighted by Crippen LogP contribution is 2.27. The molecule has 0 unspecified atom stereocenters. The molecule has 4 nitrogen and oxygen atoms in total. The largest absolute Gasteiger partial charge is 0.482 e. The summed E-state index contributed by atoms with van der Waals surface area (Å²) in [6, 6.07) is 4.67. The maximum Gasteiger partial charge on any atom is 0.433 e. The van der Waals surface area contributed by atoms with E-state index in [1.807, 2.05) is 0 Å². The monoisotopic (exact) mass is 244 g/mol. The van der Waals surface area contributed by atoms with Crippen molar-refractivity contribution in [2.45, 2.75) is 6.18 Å². The summed E-state index contributed by atoms with van der Waals surface area (Å²) >= 11 is 0. The molecule has 0 aliphatic heterocycles. The summed E-state index contributed by atoms with van der Waals surface area (Å²) in [7, 11) is 1.32. The van der Waals surface area contributed by atoms with Crippen molar-refractivity contribution in [1.29, 1.82) is 0 Å². The van der Waals surface area contributed by atoms with Crippen LogP contribution in [0.1, 0.15) is 5.69 Å². The van der Waals surface area contributed by atoms with Crippen LogP contribution in [-0.4, -0.2) is 16.5 Å². The van der Waals surface area contributed by atoms with Crippen LogP contribution >= 0.6 is 0 Å². The van der Waals surface area contributed by atoms with E-state index in [0.29, 0.717) is 6.07 Å². The molecule has 0 N–H and O–H groups in total. The maximum absolute atomic E-state index is 12.4. The Balaban J connectivity index is 2.81. The van der Waals surface area contributed by atoms with Crippen LogP contribution in [0.15, 0.2) is 29.1 Å². The van der Waals surface area contributed by atoms with Gasteiger partial charge in [-0.25, -0.2) is 9.38 Å². The molecule has 2 rings (SSSR count). The van der Waals surface area contributed by atoms with Gasteiger partial charge in [-0.2, -0.15) is 13.2 Å². The van der Waals surface area contributed by atoms with Crippen molar-refractivity contribution in [1.82, 2.24) is 9.38 Å². The number of fused-ring (bicyclic) bond motifs is 1. The van der Waals surface area contributed by atoms with E-state index < -0.39 is 17.4 Å². The molecule has 0 aliphatic rings. The van der Waals surface area contributed by atoms with Crippen molar-refractivity contribution in [3.05, 3.63) is 40.3 Å². The van der Waals surface area contributed by atoms with Gasteiger partial charge in [-0.15, -0.1) is 0 Å². The predicted molar refractivity (Wildman–Crippen MR) is 53.0 cm³/mol. The Morgan fingerprint density at radius 3 is 2.65 bits per heavy atom. The molecule has 0 aromatic carbocycles. The summed E-state index contributed by atoms with van der Waals surface area (Å²) in [6.07, 6.45) is -4.64. The first-order valence-electron chi connectivity index (χ1n) is 4.57. The van der Waals surface area contributed by atoms with Crippen LogP contribution in [0.3, 0.4) is 0 Å². The lowest BCUT2D eigenvalue weighted by Gasteiger charge is -2.09. The van der Waals surface area contributed by atoms with E-state index in [1.165, 1.54) is 25.3 Å². The molecule has 0 radical (unpaired) electrons. The van der Waals surface area contributed by atoms with Crippen LogP contribution in [-0.2, 0) is 6.18 Å². The molecule has 0 amide bonds. The Hall–Kier alpha value is -2.05. The summed E-state index contributed by atoms with van der Waals surface area (Å²) in [5.41, 5.74) is -2.15. The molecule has 0 fully saturated rings. The van der Waals surface area contributed by atoms with Gasteiger partial charge < -0.3 is 4.74 Å². The van der Waals surface area contributed by atoms with E-state index in [9.17, 15) is 18.0 Å². The fourth-order valence-corrected chi connectivity index (χ4v) is 1.43. The first-order valence-corrected chi connectivity index (χ1v) is 4.57. The molecular formula is C10H7F3N2O2. The Morgan fingerprint density at radius 1 is 1.35 bits per heavy atom. The summed E-state index contributed by atoms with van der Waals surface area (Å²) < 4.78 is 43.2. The third kappa shape index (κ3) is 1.95. The van der Waals surface area contributed by atoms with Gasteiger partial charge in [-0.1, -0.05) is 6.07 Å². The summed E-state index contributed by atoms with van der Waals surface area (Å²) in [5, 5.41) is 0. The van der Waals surface area contributed by atoms with Crippen molar-refractivity contribution in [2.75, 3.05) is 7.11 Å². The summed E-state index contributed by atoms with van der Waals surface area (Å²) in [5.74, 6) is 0.133. The Kier molecular flexibility index (Phi) is 2.53. The van der Waals surface area contributed by atoms with Crippen LogP contribution in [0.2, 0.25) is 0 Å². The Bertz CT molecular complexity index is 619. The average molecular weight is 244 g/mol. The van der Waals surface area contributed by atoms with Gasteiger partial charge >= 0.3 is 6.18 Å². The van der Waals surface area contributed by atoms with Crippen molar-refractivity contribution < 1.29 is 17.9 Å². The van der Waals surface area contributed by atoms with E-state index in [1.54, 1.807) is 0 Å². The molecule has 90 valence electrons. The van der Waals surface area contributed by atoms with Gasteiger partial charge in [-0.3, -0.25) is 4.79 Å². The number of aromatic nitrogens is 2. The summed E-state index contributed by atoms with van der Waals surface area (Å²) in [4.78, 5) is 14.9. The Morgan fingerprint density at radius 2 is 2.06 bits per heavy atom. The molecule has 0 bridgehead atoms. The molecule has 0 saturated carbocycles. The second kappa shape index (κ2) is 3.76. The molecule has 0 spiro atoms. The van der Waals surface area contributed by atoms with Crippen LogP contribution in [0, 0.1) is 0 Å². The smallest absolute Gasteiger partial charge is 0.433 e. The predicted octanol–water partition coefficient (Wildman–Crippen LogP) is 1.72. The zero-order valence-electron chi connectivity index (χ0n) is 8.65. The molecular weight excluding hydrogens is 237 g/mol. The first-order chi connectivity index (χ1) is 7.93. The number of pyridine rings is 1. The highest BCUT2D eigenvalue weighted by Gasteiger charge is 2.33. The van der Waals surface area contributed by atoms with E-state index in [0.717, 1.165) is 4.40 Å². The van der Waals surface area contributed by atoms with Crippen LogP contribution in [0.5, 0.6) is 5.88 Å². The van der Waals surface area contributed by atoms with Gasteiger partial charge in [0.1, 0.15) is 5.65 Å². The number of hydrogen-bond acceptors (Lipinski definition) is 3. The lowest BCUT2D eigenvalue weighted by molar-refractivity contribution is -0.141. The van der Waals surface area contributed by atoms with Gasteiger partial charge in [0.25, 0.3) is 5.56 Å². The van der Waals surface area contributed by atoms with E-state index in [-0.39, 0.29) is 11.5 Å². The number of hydrogen-bond donors (Lipinski definition) is 0. The minimum Gasteiger partial charge on any atom is -0.482 e. The molecule has 0 aliphatic carbocycles. The van der Waals surface area contributed by atoms with E-state index in [4.69, 9.17) is 4.74 Å². The van der Waals surface area contributed by atoms with Gasteiger partial charge in [0.15, 0.2) is 5.69 Å². The van der Waals surface area contributed by atoms with Gasteiger partial charge in [0.2, 0.25) is 5.88 Å². The van der Waals surface area contributed by atoms with Gasteiger partial charge in [-0.05, 0) is 12.1 Å². The number of halogens is 3. The number of ether oxygens (including phenoxy) is 1. The number of alkyl halides is 3. The fourth-order valence-electron chi connectivity index (χ4n) is 1.43. The quantitative estimate of drug-likeness (QED) is 0.767. The topological polar surface area (TPSA) is 43.6 Å². The maximum atomic E-state index is 12.4. The number of rotatable bonds is 1. The standard InChI is InChI=1S/C10H7F3N2O2/c1-17-9-4-2-3-7-14-6(10(11,12)13)5-8(16)15(7)9/h2-5H,1H3. The molecule has 0 atom stereocenters. The van der Waals surface area contributed by atoms with Gasteiger partial charge in [0, 0.05) is 6.07 Å². The molecule has 0 saturated heterocycles. The van der Waals surface area contributed by atoms with Crippen LogP contribution in [0.4, 0.5) is 13.2 Å². The van der Waals surface area contributed by atoms with Crippen molar-refractivity contribution in [3.8, 4) is 5.88 Å².